The Bertz CT molecular complexity index is 254. The summed E-state index contributed by atoms with van der Waals surface area (Å²) in [6.45, 7) is 1.66. The van der Waals surface area contributed by atoms with E-state index in [0.29, 0.717) is 12.0 Å². The third-order valence-corrected chi connectivity index (χ3v) is 2.78. The van der Waals surface area contributed by atoms with Gasteiger partial charge in [-0.1, -0.05) is 0 Å². The minimum Gasteiger partial charge on any atom is -0.304 e. The van der Waals surface area contributed by atoms with Crippen molar-refractivity contribution in [2.45, 2.75) is 25.8 Å². The molecule has 0 bridgehead atoms. The van der Waals surface area contributed by atoms with Crippen molar-refractivity contribution in [2.24, 2.45) is 11.3 Å². The molecule has 1 aromatic heterocycles. The highest BCUT2D eigenvalue weighted by Gasteiger charge is 2.42. The molecule has 1 heterocycles. The van der Waals surface area contributed by atoms with Gasteiger partial charge in [0.25, 0.3) is 0 Å². The lowest BCUT2D eigenvalue weighted by Gasteiger charge is -2.12. The number of rotatable bonds is 5. The predicted molar refractivity (Wildman–Crippen MR) is 48.7 cm³/mol. The van der Waals surface area contributed by atoms with Gasteiger partial charge < -0.3 is 4.84 Å². The molecule has 1 aliphatic carbocycles. The average molecular weight is 181 g/mol. The number of hydrogen-bond acceptors (Lipinski definition) is 3. The molecule has 0 amide bonds. The number of aromatic nitrogens is 2. The maximum atomic E-state index is 5.08. The fraction of sp³-hybridized carbons (Fsp3) is 0.667. The van der Waals surface area contributed by atoms with Crippen LogP contribution in [0.1, 0.15) is 19.3 Å². The Morgan fingerprint density at radius 2 is 2.38 bits per heavy atom. The van der Waals surface area contributed by atoms with E-state index in [2.05, 4.69) is 5.10 Å². The first-order valence-electron chi connectivity index (χ1n) is 4.64. The fourth-order valence-corrected chi connectivity index (χ4v) is 1.60. The molecule has 2 rings (SSSR count). The van der Waals surface area contributed by atoms with Crippen molar-refractivity contribution >= 4 is 0 Å². The van der Waals surface area contributed by atoms with Gasteiger partial charge in [0.15, 0.2) is 0 Å². The number of hydrogen-bond donors (Lipinski definition) is 1. The van der Waals surface area contributed by atoms with Gasteiger partial charge in [0, 0.05) is 18.9 Å². The Morgan fingerprint density at radius 1 is 1.54 bits per heavy atom. The van der Waals surface area contributed by atoms with Crippen LogP contribution in [0, 0.1) is 5.41 Å². The molecular weight excluding hydrogens is 166 g/mol. The zero-order chi connectivity index (χ0) is 9.15. The molecule has 0 aromatic carbocycles. The first-order chi connectivity index (χ1) is 6.35. The largest absolute Gasteiger partial charge is 0.304 e. The molecule has 1 fully saturated rings. The third-order valence-electron chi connectivity index (χ3n) is 2.78. The van der Waals surface area contributed by atoms with E-state index in [4.69, 9.17) is 10.7 Å². The van der Waals surface area contributed by atoms with Crippen molar-refractivity contribution in [3.05, 3.63) is 18.5 Å². The molecule has 0 saturated heterocycles. The van der Waals surface area contributed by atoms with Gasteiger partial charge in [-0.3, -0.25) is 4.68 Å². The van der Waals surface area contributed by atoms with E-state index in [1.807, 2.05) is 16.9 Å². The van der Waals surface area contributed by atoms with Gasteiger partial charge in [-0.15, -0.1) is 0 Å². The summed E-state index contributed by atoms with van der Waals surface area (Å²) in [4.78, 5) is 4.71. The highest BCUT2D eigenvalue weighted by molar-refractivity contribution is 4.92. The normalized spacial score (nSPS) is 18.8. The summed E-state index contributed by atoms with van der Waals surface area (Å²) >= 11 is 0. The summed E-state index contributed by atoms with van der Waals surface area (Å²) < 4.78 is 1.95. The Balaban J connectivity index is 1.79. The Kier molecular flexibility index (Phi) is 2.33. The molecule has 4 heteroatoms. The van der Waals surface area contributed by atoms with Crippen LogP contribution in [0.5, 0.6) is 0 Å². The maximum Gasteiger partial charge on any atom is 0.0736 e. The second kappa shape index (κ2) is 3.47. The predicted octanol–water partition coefficient (Wildman–Crippen LogP) is 0.944. The molecule has 0 aliphatic heterocycles. The molecule has 1 aromatic rings. The average Bonchev–Trinajstić information content (AvgIpc) is 2.71. The van der Waals surface area contributed by atoms with Crippen LogP contribution in [0.3, 0.4) is 0 Å². The van der Waals surface area contributed by atoms with Gasteiger partial charge in [-0.05, 0) is 30.7 Å². The second-order valence-corrected chi connectivity index (χ2v) is 3.83. The summed E-state index contributed by atoms with van der Waals surface area (Å²) in [6, 6.07) is 1.94. The summed E-state index contributed by atoms with van der Waals surface area (Å²) in [5.74, 6) is 5.08. The number of nitrogens with two attached hydrogens (primary N) is 1. The van der Waals surface area contributed by atoms with Crippen molar-refractivity contribution in [3.63, 3.8) is 0 Å². The SMILES string of the molecule is NOCC1(CCn2cccn2)CC1. The van der Waals surface area contributed by atoms with Gasteiger partial charge >= 0.3 is 0 Å². The Morgan fingerprint density at radius 3 is 2.92 bits per heavy atom. The van der Waals surface area contributed by atoms with E-state index in [9.17, 15) is 0 Å². The molecular formula is C9H15N3O. The van der Waals surface area contributed by atoms with Crippen LogP contribution in [0.25, 0.3) is 0 Å². The smallest absolute Gasteiger partial charge is 0.0736 e. The summed E-state index contributed by atoms with van der Waals surface area (Å²) in [7, 11) is 0. The fourth-order valence-electron chi connectivity index (χ4n) is 1.60. The highest BCUT2D eigenvalue weighted by Crippen LogP contribution is 2.48. The molecule has 0 atom stereocenters. The lowest BCUT2D eigenvalue weighted by atomic mass is 10.0. The molecule has 72 valence electrons. The lowest BCUT2D eigenvalue weighted by molar-refractivity contribution is 0.0857. The van der Waals surface area contributed by atoms with E-state index in [1.165, 1.54) is 12.8 Å². The lowest BCUT2D eigenvalue weighted by Crippen LogP contribution is -2.16. The number of aryl methyl sites for hydroxylation is 1. The summed E-state index contributed by atoms with van der Waals surface area (Å²) in [5.41, 5.74) is 0.362. The van der Waals surface area contributed by atoms with Gasteiger partial charge in [-0.2, -0.15) is 5.10 Å². The molecule has 0 unspecified atom stereocenters. The third kappa shape index (κ3) is 2.08. The molecule has 0 spiro atoms. The zero-order valence-corrected chi connectivity index (χ0v) is 7.65. The van der Waals surface area contributed by atoms with E-state index in [-0.39, 0.29) is 0 Å². The maximum absolute atomic E-state index is 5.08. The van der Waals surface area contributed by atoms with Crippen LogP contribution in [0.4, 0.5) is 0 Å². The Hall–Kier alpha value is -0.870. The Labute approximate surface area is 77.6 Å². The van der Waals surface area contributed by atoms with Crippen LogP contribution < -0.4 is 5.90 Å². The minimum absolute atomic E-state index is 0.362. The van der Waals surface area contributed by atoms with Crippen molar-refractivity contribution in [1.29, 1.82) is 0 Å². The quantitative estimate of drug-likeness (QED) is 0.688. The van der Waals surface area contributed by atoms with Crippen LogP contribution in [0.2, 0.25) is 0 Å². The zero-order valence-electron chi connectivity index (χ0n) is 7.65. The minimum atomic E-state index is 0.362. The molecule has 13 heavy (non-hydrogen) atoms. The molecule has 1 saturated carbocycles. The molecule has 2 N–H and O–H groups in total. The standard InChI is InChI=1S/C9H15N3O/c10-13-8-9(2-3-9)4-7-12-6-1-5-11-12/h1,5-6H,2-4,7-8,10H2. The monoisotopic (exact) mass is 181 g/mol. The van der Waals surface area contributed by atoms with Crippen LogP contribution in [-0.4, -0.2) is 16.4 Å². The summed E-state index contributed by atoms with van der Waals surface area (Å²) in [5, 5.41) is 4.15. The van der Waals surface area contributed by atoms with Crippen molar-refractivity contribution in [1.82, 2.24) is 9.78 Å². The highest BCUT2D eigenvalue weighted by atomic mass is 16.6. The topological polar surface area (TPSA) is 53.1 Å². The van der Waals surface area contributed by atoms with E-state index < -0.39 is 0 Å². The van der Waals surface area contributed by atoms with E-state index in [1.54, 1.807) is 6.20 Å². The van der Waals surface area contributed by atoms with Crippen molar-refractivity contribution in [3.8, 4) is 0 Å². The van der Waals surface area contributed by atoms with Gasteiger partial charge in [0.1, 0.15) is 0 Å². The van der Waals surface area contributed by atoms with Crippen LogP contribution >= 0.6 is 0 Å². The summed E-state index contributed by atoms with van der Waals surface area (Å²) in [6.07, 6.45) is 7.39. The van der Waals surface area contributed by atoms with Crippen LogP contribution in [-0.2, 0) is 11.4 Å². The van der Waals surface area contributed by atoms with Crippen molar-refractivity contribution in [2.75, 3.05) is 6.61 Å². The van der Waals surface area contributed by atoms with Gasteiger partial charge in [-0.25, -0.2) is 5.90 Å². The van der Waals surface area contributed by atoms with Gasteiger partial charge in [0.2, 0.25) is 0 Å². The molecule has 1 aliphatic rings. The molecule has 4 nitrogen and oxygen atoms in total. The van der Waals surface area contributed by atoms with E-state index in [0.717, 1.165) is 13.0 Å². The molecule has 0 radical (unpaired) electrons. The first kappa shape index (κ1) is 8.72. The number of nitrogens with zero attached hydrogens (tertiary/aromatic N) is 2. The second-order valence-electron chi connectivity index (χ2n) is 3.83. The van der Waals surface area contributed by atoms with Gasteiger partial charge in [0.05, 0.1) is 6.61 Å². The first-order valence-corrected chi connectivity index (χ1v) is 4.64. The van der Waals surface area contributed by atoms with Crippen LogP contribution in [0.15, 0.2) is 18.5 Å². The van der Waals surface area contributed by atoms with Crippen molar-refractivity contribution < 1.29 is 4.84 Å². The van der Waals surface area contributed by atoms with E-state index >= 15 is 0 Å².